The molecular formula is C53H99NO6. The second-order valence-electron chi connectivity index (χ2n) is 17.8. The number of allylic oxidation sites excluding steroid dienone is 2. The number of unbranched alkanes of at least 4 members (excludes halogenated alkanes) is 26. The fourth-order valence-corrected chi connectivity index (χ4v) is 7.63. The van der Waals surface area contributed by atoms with Crippen LogP contribution < -0.4 is 0 Å². The number of rotatable bonds is 47. The zero-order chi connectivity index (χ0) is 43.8. The minimum atomic E-state index is -0.0820. The van der Waals surface area contributed by atoms with E-state index in [4.69, 9.17) is 14.2 Å². The molecule has 0 saturated carbocycles. The van der Waals surface area contributed by atoms with E-state index in [1.165, 1.54) is 116 Å². The smallest absolute Gasteiger partial charge is 0.306 e. The third-order valence-corrected chi connectivity index (χ3v) is 11.5. The van der Waals surface area contributed by atoms with Crippen LogP contribution in [-0.4, -0.2) is 62.8 Å². The van der Waals surface area contributed by atoms with Crippen molar-refractivity contribution in [1.29, 1.82) is 0 Å². The Labute approximate surface area is 372 Å². The number of hydrogen-bond donors (Lipinski definition) is 0. The highest BCUT2D eigenvalue weighted by Crippen LogP contribution is 2.19. The Balaban J connectivity index is 3.99. The topological polar surface area (TPSA) is 82.1 Å². The molecule has 60 heavy (non-hydrogen) atoms. The summed E-state index contributed by atoms with van der Waals surface area (Å²) in [6, 6.07) is 0. The first-order valence-corrected chi connectivity index (χ1v) is 25.8. The van der Waals surface area contributed by atoms with Crippen LogP contribution in [0.2, 0.25) is 0 Å². The first-order valence-electron chi connectivity index (χ1n) is 25.8. The third-order valence-electron chi connectivity index (χ3n) is 11.5. The van der Waals surface area contributed by atoms with E-state index in [1.807, 2.05) is 14.1 Å². The van der Waals surface area contributed by atoms with Crippen molar-refractivity contribution in [2.75, 3.05) is 33.9 Å². The lowest BCUT2D eigenvalue weighted by atomic mass is 10.0. The minimum absolute atomic E-state index is 0.0277. The summed E-state index contributed by atoms with van der Waals surface area (Å²) >= 11 is 0. The van der Waals surface area contributed by atoms with Gasteiger partial charge in [-0.25, -0.2) is 0 Å². The molecule has 0 amide bonds. The highest BCUT2D eigenvalue weighted by Gasteiger charge is 2.15. The lowest BCUT2D eigenvalue weighted by molar-refractivity contribution is -0.150. The van der Waals surface area contributed by atoms with E-state index in [0.717, 1.165) is 116 Å². The maximum Gasteiger partial charge on any atom is 0.306 e. The van der Waals surface area contributed by atoms with Crippen LogP contribution in [0, 0.1) is 0 Å². The Hall–Kier alpha value is -2.15. The molecule has 0 heterocycles. The van der Waals surface area contributed by atoms with Gasteiger partial charge in [0.2, 0.25) is 0 Å². The van der Waals surface area contributed by atoms with E-state index in [0.29, 0.717) is 32.5 Å². The van der Waals surface area contributed by atoms with Gasteiger partial charge in [-0.2, -0.15) is 0 Å². The predicted molar refractivity (Wildman–Crippen MR) is 255 cm³/mol. The van der Waals surface area contributed by atoms with Crippen LogP contribution in [0.3, 0.4) is 0 Å². The van der Waals surface area contributed by atoms with E-state index < -0.39 is 0 Å². The van der Waals surface area contributed by atoms with Crippen molar-refractivity contribution in [3.05, 3.63) is 24.3 Å². The molecule has 0 radical (unpaired) electrons. The summed E-state index contributed by atoms with van der Waals surface area (Å²) < 4.78 is 16.8. The van der Waals surface area contributed by atoms with Gasteiger partial charge in [-0.3, -0.25) is 14.4 Å². The number of esters is 3. The normalized spacial score (nSPS) is 11.8. The van der Waals surface area contributed by atoms with Crippen LogP contribution in [0.15, 0.2) is 24.3 Å². The lowest BCUT2D eigenvalue weighted by Gasteiger charge is -2.18. The van der Waals surface area contributed by atoms with E-state index in [9.17, 15) is 14.4 Å². The molecule has 0 fully saturated rings. The number of ether oxygens (including phenoxy) is 3. The van der Waals surface area contributed by atoms with Crippen LogP contribution in [0.5, 0.6) is 0 Å². The molecule has 0 aliphatic rings. The van der Waals surface area contributed by atoms with Gasteiger partial charge in [0, 0.05) is 19.3 Å². The highest BCUT2D eigenvalue weighted by atomic mass is 16.5. The second-order valence-corrected chi connectivity index (χ2v) is 17.8. The van der Waals surface area contributed by atoms with Gasteiger partial charge in [0.25, 0.3) is 0 Å². The monoisotopic (exact) mass is 846 g/mol. The molecule has 7 nitrogen and oxygen atoms in total. The largest absolute Gasteiger partial charge is 0.465 e. The Bertz CT molecular complexity index is 930. The van der Waals surface area contributed by atoms with Crippen LogP contribution in [0.1, 0.15) is 258 Å². The lowest BCUT2D eigenvalue weighted by Crippen LogP contribution is -2.20. The molecule has 0 bridgehead atoms. The summed E-state index contributed by atoms with van der Waals surface area (Å²) in [5.74, 6) is -0.245. The van der Waals surface area contributed by atoms with Crippen molar-refractivity contribution in [3.63, 3.8) is 0 Å². The van der Waals surface area contributed by atoms with Crippen LogP contribution in [-0.2, 0) is 28.6 Å². The average molecular weight is 846 g/mol. The molecule has 0 rings (SSSR count). The van der Waals surface area contributed by atoms with Crippen molar-refractivity contribution < 1.29 is 28.6 Å². The molecule has 0 atom stereocenters. The van der Waals surface area contributed by atoms with Crippen molar-refractivity contribution in [2.45, 2.75) is 264 Å². The van der Waals surface area contributed by atoms with Gasteiger partial charge in [-0.1, -0.05) is 179 Å². The summed E-state index contributed by atoms with van der Waals surface area (Å²) in [6.07, 6.45) is 51.3. The van der Waals surface area contributed by atoms with Crippen molar-refractivity contribution in [3.8, 4) is 0 Å². The van der Waals surface area contributed by atoms with Gasteiger partial charge >= 0.3 is 17.9 Å². The van der Waals surface area contributed by atoms with Gasteiger partial charge in [0.05, 0.1) is 13.2 Å². The number of nitrogens with zero attached hydrogens (tertiary/aromatic N) is 1. The molecule has 0 aliphatic carbocycles. The molecule has 0 saturated heterocycles. The molecule has 0 aromatic rings. The predicted octanol–water partition coefficient (Wildman–Crippen LogP) is 15.5. The SMILES string of the molecule is CCCCCCCCCCC/C=C\CCOC(=O)CCCCCCCC(CCCCCCCC(=O)OCC/C=C\CCCCCCCCCCC)OC(=O)CCCN(C)C. The number of hydrogen-bond acceptors (Lipinski definition) is 7. The first kappa shape index (κ1) is 57.9. The molecule has 0 spiro atoms. The molecule has 0 aromatic heterocycles. The zero-order valence-corrected chi connectivity index (χ0v) is 40.3. The van der Waals surface area contributed by atoms with Gasteiger partial charge in [0.15, 0.2) is 0 Å². The minimum Gasteiger partial charge on any atom is -0.465 e. The molecule has 352 valence electrons. The maximum atomic E-state index is 12.6. The third kappa shape index (κ3) is 46.9. The fraction of sp³-hybridized carbons (Fsp3) is 0.868. The average Bonchev–Trinajstić information content (AvgIpc) is 3.22. The molecule has 0 N–H and O–H groups in total. The van der Waals surface area contributed by atoms with Crippen LogP contribution in [0.25, 0.3) is 0 Å². The second kappa shape index (κ2) is 47.9. The quantitative estimate of drug-likeness (QED) is 0.0261. The molecule has 0 unspecified atom stereocenters. The van der Waals surface area contributed by atoms with Gasteiger partial charge < -0.3 is 19.1 Å². The summed E-state index contributed by atoms with van der Waals surface area (Å²) in [7, 11) is 4.05. The summed E-state index contributed by atoms with van der Waals surface area (Å²) in [5, 5.41) is 0. The van der Waals surface area contributed by atoms with Crippen molar-refractivity contribution in [1.82, 2.24) is 4.90 Å². The highest BCUT2D eigenvalue weighted by molar-refractivity contribution is 5.70. The summed E-state index contributed by atoms with van der Waals surface area (Å²) in [5.41, 5.74) is 0. The molecular weight excluding hydrogens is 747 g/mol. The Kier molecular flexibility index (Phi) is 46.2. The van der Waals surface area contributed by atoms with Crippen LogP contribution in [0.4, 0.5) is 0 Å². The molecule has 0 aliphatic heterocycles. The number of carbonyl (C=O) groups is 3. The fourth-order valence-electron chi connectivity index (χ4n) is 7.63. The van der Waals surface area contributed by atoms with Gasteiger partial charge in [-0.05, 0) is 104 Å². The van der Waals surface area contributed by atoms with Crippen molar-refractivity contribution in [2.24, 2.45) is 0 Å². The van der Waals surface area contributed by atoms with E-state index in [-0.39, 0.29) is 24.0 Å². The summed E-state index contributed by atoms with van der Waals surface area (Å²) in [6.45, 7) is 6.38. The Morgan fingerprint density at radius 2 is 0.733 bits per heavy atom. The van der Waals surface area contributed by atoms with Crippen molar-refractivity contribution >= 4 is 17.9 Å². The first-order chi connectivity index (χ1) is 29.4. The molecule has 0 aromatic carbocycles. The van der Waals surface area contributed by atoms with E-state index in [2.05, 4.69) is 43.1 Å². The van der Waals surface area contributed by atoms with Gasteiger partial charge in [-0.15, -0.1) is 0 Å². The Morgan fingerprint density at radius 1 is 0.400 bits per heavy atom. The van der Waals surface area contributed by atoms with Gasteiger partial charge in [0.1, 0.15) is 6.10 Å². The standard InChI is InChI=1S/C53H99NO6/c1-5-7-9-11-13-15-17-19-21-23-25-33-39-48-58-51(55)44-37-31-27-29-35-42-50(60-53(57)46-41-47-54(3)4)43-36-30-28-32-38-45-52(56)59-49-40-34-26-24-22-20-18-16-14-12-10-8-6-2/h25-26,33-34,50H,5-24,27-32,35-49H2,1-4H3/b33-25-,34-26-. The maximum absolute atomic E-state index is 12.6. The zero-order valence-electron chi connectivity index (χ0n) is 40.3. The van der Waals surface area contributed by atoms with Crippen LogP contribution >= 0.6 is 0 Å². The molecule has 7 heteroatoms. The Morgan fingerprint density at radius 3 is 1.13 bits per heavy atom. The van der Waals surface area contributed by atoms with E-state index in [1.54, 1.807) is 0 Å². The summed E-state index contributed by atoms with van der Waals surface area (Å²) in [4.78, 5) is 39.0. The van der Waals surface area contributed by atoms with E-state index >= 15 is 0 Å². The number of carbonyl (C=O) groups excluding carboxylic acids is 3.